The summed E-state index contributed by atoms with van der Waals surface area (Å²) in [6.45, 7) is 3.19. The molecule has 5 nitrogen and oxygen atoms in total. The van der Waals surface area contributed by atoms with Crippen molar-refractivity contribution < 1.29 is 14.3 Å². The van der Waals surface area contributed by atoms with Crippen LogP contribution in [0.25, 0.3) is 11.1 Å². The number of methoxy groups -OCH3 is 1. The molecule has 1 N–H and O–H groups in total. The second-order valence-corrected chi connectivity index (χ2v) is 8.81. The van der Waals surface area contributed by atoms with Crippen LogP contribution >= 0.6 is 0 Å². The first-order valence-electron chi connectivity index (χ1n) is 11.2. The van der Waals surface area contributed by atoms with Crippen molar-refractivity contribution >= 4 is 6.09 Å². The molecule has 2 aromatic rings. The second-order valence-electron chi connectivity index (χ2n) is 8.81. The first-order valence-corrected chi connectivity index (χ1v) is 11.2. The Morgan fingerprint density at radius 3 is 2.50 bits per heavy atom. The lowest BCUT2D eigenvalue weighted by molar-refractivity contribution is -0.0340. The van der Waals surface area contributed by atoms with Gasteiger partial charge in [0.15, 0.2) is 0 Å². The van der Waals surface area contributed by atoms with Crippen LogP contribution in [0.5, 0.6) is 5.75 Å². The molecule has 1 amide bonds. The molecule has 6 rings (SSSR count). The summed E-state index contributed by atoms with van der Waals surface area (Å²) in [5.74, 6) is 1.38. The van der Waals surface area contributed by atoms with Gasteiger partial charge in [-0.3, -0.25) is 4.90 Å². The maximum absolute atomic E-state index is 12.7. The van der Waals surface area contributed by atoms with E-state index in [-0.39, 0.29) is 18.2 Å². The van der Waals surface area contributed by atoms with Crippen molar-refractivity contribution in [3.8, 4) is 16.9 Å². The van der Waals surface area contributed by atoms with E-state index >= 15 is 0 Å². The highest BCUT2D eigenvalue weighted by atomic mass is 16.6. The zero-order chi connectivity index (χ0) is 20.5. The van der Waals surface area contributed by atoms with E-state index in [1.54, 1.807) is 7.11 Å². The number of carbonyl (C=O) groups excluding carboxylic acids is 1. The highest BCUT2D eigenvalue weighted by Gasteiger charge is 2.37. The molecule has 158 valence electrons. The van der Waals surface area contributed by atoms with Gasteiger partial charge in [0.05, 0.1) is 13.2 Å². The number of carbonyl (C=O) groups is 1. The monoisotopic (exact) mass is 406 g/mol. The minimum Gasteiger partial charge on any atom is -0.497 e. The van der Waals surface area contributed by atoms with Crippen LogP contribution in [0.2, 0.25) is 0 Å². The van der Waals surface area contributed by atoms with Crippen LogP contribution < -0.4 is 10.1 Å². The predicted octanol–water partition coefficient (Wildman–Crippen LogP) is 4.56. The molecule has 3 heterocycles. The van der Waals surface area contributed by atoms with Gasteiger partial charge in [-0.1, -0.05) is 24.3 Å². The summed E-state index contributed by atoms with van der Waals surface area (Å²) < 4.78 is 11.2. The number of hydrogen-bond acceptors (Lipinski definition) is 4. The van der Waals surface area contributed by atoms with Crippen LogP contribution in [0.4, 0.5) is 4.79 Å². The lowest BCUT2D eigenvalue weighted by Gasteiger charge is -2.44. The fraction of sp³-hybridized carbons (Fsp3) is 0.480. The van der Waals surface area contributed by atoms with Crippen molar-refractivity contribution in [3.05, 3.63) is 53.6 Å². The largest absolute Gasteiger partial charge is 0.497 e. The van der Waals surface area contributed by atoms with Gasteiger partial charge in [0.2, 0.25) is 0 Å². The first kappa shape index (κ1) is 19.4. The molecule has 4 aliphatic rings. The van der Waals surface area contributed by atoms with Crippen molar-refractivity contribution in [2.75, 3.05) is 26.7 Å². The number of benzene rings is 2. The highest BCUT2D eigenvalue weighted by molar-refractivity contribution is 5.70. The summed E-state index contributed by atoms with van der Waals surface area (Å²) in [4.78, 5) is 15.1. The molecule has 2 aromatic carbocycles. The molecule has 1 unspecified atom stereocenters. The quantitative estimate of drug-likeness (QED) is 0.809. The molecule has 5 heteroatoms. The maximum atomic E-state index is 12.7. The van der Waals surface area contributed by atoms with Gasteiger partial charge in [0.25, 0.3) is 0 Å². The standard InChI is InChI=1S/C25H30N2O3/c1-29-21-9-7-17(8-10-21)20-6-5-18-3-2-4-23(22(18)15-20)26-25(28)30-24-16-27-13-11-19(24)12-14-27/h5-10,15,19,23-24H,2-4,11-14,16H2,1H3,(H,26,28)/t23?,24-/m0/s1. The number of nitrogens with zero attached hydrogens (tertiary/aromatic N) is 1. The van der Waals surface area contributed by atoms with Gasteiger partial charge in [-0.25, -0.2) is 4.79 Å². The highest BCUT2D eigenvalue weighted by Crippen LogP contribution is 2.34. The Bertz CT molecular complexity index is 903. The van der Waals surface area contributed by atoms with Crippen LogP contribution in [0.1, 0.15) is 42.9 Å². The van der Waals surface area contributed by atoms with E-state index < -0.39 is 0 Å². The number of aryl methyl sites for hydroxylation is 1. The Labute approximate surface area is 178 Å². The molecule has 0 saturated carbocycles. The molecule has 30 heavy (non-hydrogen) atoms. The number of rotatable bonds is 4. The van der Waals surface area contributed by atoms with E-state index in [4.69, 9.17) is 9.47 Å². The van der Waals surface area contributed by atoms with E-state index in [1.807, 2.05) is 12.1 Å². The molecule has 0 aromatic heterocycles. The molecule has 1 aliphatic carbocycles. The smallest absolute Gasteiger partial charge is 0.407 e. The van der Waals surface area contributed by atoms with Gasteiger partial charge < -0.3 is 14.8 Å². The number of alkyl carbamates (subject to hydrolysis) is 1. The SMILES string of the molecule is COc1ccc(-c2ccc3c(c2)C(NC(=O)O[C@H]2CN4CCC2CC4)CCC3)cc1. The average Bonchev–Trinajstić information content (AvgIpc) is 2.80. The molecule has 3 fully saturated rings. The van der Waals surface area contributed by atoms with Crippen LogP contribution in [0.15, 0.2) is 42.5 Å². The summed E-state index contributed by atoms with van der Waals surface area (Å²) >= 11 is 0. The van der Waals surface area contributed by atoms with Crippen molar-refractivity contribution in [2.45, 2.75) is 44.2 Å². The van der Waals surface area contributed by atoms with Gasteiger partial charge in [0, 0.05) is 6.54 Å². The minimum absolute atomic E-state index is 0.0144. The molecule has 2 bridgehead atoms. The zero-order valence-corrected chi connectivity index (χ0v) is 17.6. The van der Waals surface area contributed by atoms with Crippen molar-refractivity contribution in [1.82, 2.24) is 10.2 Å². The van der Waals surface area contributed by atoms with Gasteiger partial charge in [-0.05, 0) is 91.6 Å². The van der Waals surface area contributed by atoms with Crippen LogP contribution in [0.3, 0.4) is 0 Å². The molecular weight excluding hydrogens is 376 g/mol. The second kappa shape index (κ2) is 8.31. The van der Waals surface area contributed by atoms with Crippen molar-refractivity contribution in [3.63, 3.8) is 0 Å². The van der Waals surface area contributed by atoms with E-state index in [0.717, 1.165) is 68.6 Å². The number of amides is 1. The summed E-state index contributed by atoms with van der Waals surface area (Å²) in [6.07, 6.45) is 5.17. The van der Waals surface area contributed by atoms with Gasteiger partial charge in [0.1, 0.15) is 11.9 Å². The number of nitrogens with one attached hydrogen (secondary N) is 1. The zero-order valence-electron chi connectivity index (χ0n) is 17.6. The summed E-state index contributed by atoms with van der Waals surface area (Å²) in [6, 6.07) is 14.7. The molecule has 0 radical (unpaired) electrons. The fourth-order valence-electron chi connectivity index (χ4n) is 5.27. The average molecular weight is 407 g/mol. The number of piperidine rings is 3. The van der Waals surface area contributed by atoms with Crippen LogP contribution in [-0.2, 0) is 11.2 Å². The first-order chi connectivity index (χ1) is 14.7. The Hall–Kier alpha value is -2.53. The Morgan fingerprint density at radius 1 is 1.03 bits per heavy atom. The maximum Gasteiger partial charge on any atom is 0.407 e. The van der Waals surface area contributed by atoms with E-state index in [0.29, 0.717) is 5.92 Å². The number of hydrogen-bond donors (Lipinski definition) is 1. The Kier molecular flexibility index (Phi) is 5.38. The Balaban J connectivity index is 1.30. The Morgan fingerprint density at radius 2 is 1.80 bits per heavy atom. The molecular formula is C25H30N2O3. The molecule has 3 aliphatic heterocycles. The number of fused-ring (bicyclic) bond motifs is 4. The lowest BCUT2D eigenvalue weighted by atomic mass is 9.85. The van der Waals surface area contributed by atoms with E-state index in [9.17, 15) is 4.79 Å². The minimum atomic E-state index is -0.263. The molecule has 0 spiro atoms. The van der Waals surface area contributed by atoms with E-state index in [2.05, 4.69) is 40.5 Å². The third kappa shape index (κ3) is 3.91. The van der Waals surface area contributed by atoms with E-state index in [1.165, 1.54) is 11.1 Å². The molecule has 2 atom stereocenters. The van der Waals surface area contributed by atoms with Crippen LogP contribution in [-0.4, -0.2) is 43.8 Å². The fourth-order valence-corrected chi connectivity index (χ4v) is 5.27. The number of ether oxygens (including phenoxy) is 2. The van der Waals surface area contributed by atoms with Gasteiger partial charge >= 0.3 is 6.09 Å². The van der Waals surface area contributed by atoms with Gasteiger partial charge in [-0.2, -0.15) is 0 Å². The predicted molar refractivity (Wildman–Crippen MR) is 117 cm³/mol. The summed E-state index contributed by atoms with van der Waals surface area (Å²) in [5, 5.41) is 3.18. The summed E-state index contributed by atoms with van der Waals surface area (Å²) in [7, 11) is 1.68. The van der Waals surface area contributed by atoms with Crippen molar-refractivity contribution in [2.24, 2.45) is 5.92 Å². The third-order valence-corrected chi connectivity index (χ3v) is 7.03. The summed E-state index contributed by atoms with van der Waals surface area (Å²) in [5.41, 5.74) is 4.86. The lowest BCUT2D eigenvalue weighted by Crippen LogP contribution is -2.52. The topological polar surface area (TPSA) is 50.8 Å². The van der Waals surface area contributed by atoms with Gasteiger partial charge in [-0.15, -0.1) is 0 Å². The van der Waals surface area contributed by atoms with Crippen molar-refractivity contribution in [1.29, 1.82) is 0 Å². The normalized spacial score (nSPS) is 27.2. The molecule has 3 saturated heterocycles. The van der Waals surface area contributed by atoms with Crippen LogP contribution in [0, 0.1) is 5.92 Å². The third-order valence-electron chi connectivity index (χ3n) is 7.03.